The van der Waals surface area contributed by atoms with Gasteiger partial charge in [-0.25, -0.2) is 19.7 Å². The molecule has 0 bridgehead atoms. The Morgan fingerprint density at radius 1 is 1.13 bits per heavy atom. The second kappa shape index (κ2) is 9.92. The number of hydrogen-bond donors (Lipinski definition) is 0. The highest BCUT2D eigenvalue weighted by atomic mass is 32.2. The minimum atomic E-state index is -5.93. The number of amides is 1. The molecule has 1 aliphatic heterocycles. The van der Waals surface area contributed by atoms with Crippen LogP contribution in [0.15, 0.2) is 12.3 Å². The molecule has 2 aromatic heterocycles. The lowest BCUT2D eigenvalue weighted by Gasteiger charge is -2.47. The first-order valence-corrected chi connectivity index (χ1v) is 13.5. The van der Waals surface area contributed by atoms with Crippen molar-refractivity contribution in [2.75, 3.05) is 31.6 Å². The number of anilines is 1. The van der Waals surface area contributed by atoms with Crippen LogP contribution in [0, 0.1) is 13.8 Å². The second-order valence-corrected chi connectivity index (χ2v) is 11.7. The van der Waals surface area contributed by atoms with Crippen molar-refractivity contribution in [3.63, 3.8) is 0 Å². The molecular formula is C24H28F3N5O6S. The minimum Gasteiger partial charge on any atom is -0.465 e. The van der Waals surface area contributed by atoms with Gasteiger partial charge in [0.05, 0.1) is 30.1 Å². The number of aromatic nitrogens is 3. The number of aryl methyl sites for hydroxylation is 2. The van der Waals surface area contributed by atoms with Crippen LogP contribution in [0.3, 0.4) is 0 Å². The summed E-state index contributed by atoms with van der Waals surface area (Å²) < 4.78 is 70.5. The Kier molecular flexibility index (Phi) is 7.25. The zero-order chi connectivity index (χ0) is 28.9. The summed E-state index contributed by atoms with van der Waals surface area (Å²) in [5.41, 5.74) is -4.94. The lowest BCUT2D eigenvalue weighted by Crippen LogP contribution is -2.61. The molecule has 0 unspecified atom stereocenters. The van der Waals surface area contributed by atoms with Gasteiger partial charge in [-0.05, 0) is 52.2 Å². The lowest BCUT2D eigenvalue weighted by molar-refractivity contribution is -0.0501. The van der Waals surface area contributed by atoms with Crippen LogP contribution in [0.5, 0.6) is 5.88 Å². The quantitative estimate of drug-likeness (QED) is 0.289. The van der Waals surface area contributed by atoms with Crippen LogP contribution in [0.1, 0.15) is 70.4 Å². The summed E-state index contributed by atoms with van der Waals surface area (Å²) in [6.07, 6.45) is 2.04. The Labute approximate surface area is 223 Å². The molecule has 2 aliphatic rings. The fourth-order valence-corrected chi connectivity index (χ4v) is 5.01. The van der Waals surface area contributed by atoms with Crippen molar-refractivity contribution in [2.45, 2.75) is 57.5 Å². The third-order valence-corrected chi connectivity index (χ3v) is 7.61. The van der Waals surface area contributed by atoms with Gasteiger partial charge in [-0.1, -0.05) is 0 Å². The summed E-state index contributed by atoms with van der Waals surface area (Å²) in [6.45, 7) is 8.27. The second-order valence-electron chi connectivity index (χ2n) is 10.1. The van der Waals surface area contributed by atoms with Crippen LogP contribution in [0.25, 0.3) is 0 Å². The Balaban J connectivity index is 1.56. The van der Waals surface area contributed by atoms with Crippen molar-refractivity contribution in [2.24, 2.45) is 0 Å². The number of ether oxygens (including phenoxy) is 1. The van der Waals surface area contributed by atoms with Gasteiger partial charge in [-0.2, -0.15) is 21.6 Å². The number of nitrogens with zero attached hydrogens (tertiary/aromatic N) is 5. The van der Waals surface area contributed by atoms with Crippen LogP contribution < -0.4 is 9.08 Å². The summed E-state index contributed by atoms with van der Waals surface area (Å²) in [5, 5.41) is 0. The minimum absolute atomic E-state index is 0.0917. The molecule has 1 aliphatic carbocycles. The summed E-state index contributed by atoms with van der Waals surface area (Å²) in [5.74, 6) is -1.46. The van der Waals surface area contributed by atoms with E-state index in [9.17, 15) is 31.2 Å². The average Bonchev–Trinajstić information content (AvgIpc) is 3.67. The van der Waals surface area contributed by atoms with Crippen LogP contribution >= 0.6 is 0 Å². The first-order valence-electron chi connectivity index (χ1n) is 12.1. The van der Waals surface area contributed by atoms with E-state index in [0.717, 1.165) is 6.20 Å². The van der Waals surface area contributed by atoms with E-state index in [2.05, 4.69) is 19.1 Å². The maximum absolute atomic E-state index is 13.5. The fraction of sp³-hybridized carbons (Fsp3) is 0.542. The molecule has 39 heavy (non-hydrogen) atoms. The van der Waals surface area contributed by atoms with E-state index < -0.39 is 38.9 Å². The number of carbonyl (C=O) groups is 2. The van der Waals surface area contributed by atoms with Crippen molar-refractivity contribution in [3.05, 3.63) is 40.5 Å². The topological polar surface area (TPSA) is 132 Å². The number of piperazine rings is 1. The van der Waals surface area contributed by atoms with Crippen LogP contribution in [-0.4, -0.2) is 77.9 Å². The van der Waals surface area contributed by atoms with E-state index in [0.29, 0.717) is 48.6 Å². The van der Waals surface area contributed by atoms with Crippen molar-refractivity contribution in [1.29, 1.82) is 0 Å². The first kappa shape index (κ1) is 28.5. The van der Waals surface area contributed by atoms with Gasteiger partial charge in [-0.15, -0.1) is 0 Å². The maximum Gasteiger partial charge on any atom is 0.534 e. The maximum atomic E-state index is 13.5. The first-order chi connectivity index (χ1) is 18.1. The van der Waals surface area contributed by atoms with E-state index >= 15 is 0 Å². The Morgan fingerprint density at radius 3 is 2.33 bits per heavy atom. The van der Waals surface area contributed by atoms with E-state index in [1.54, 1.807) is 24.8 Å². The number of methoxy groups -OCH3 is 1. The smallest absolute Gasteiger partial charge is 0.465 e. The number of rotatable bonds is 6. The Morgan fingerprint density at radius 2 is 1.79 bits per heavy atom. The molecule has 2 fully saturated rings. The average molecular weight is 572 g/mol. The van der Waals surface area contributed by atoms with Gasteiger partial charge in [0, 0.05) is 25.6 Å². The molecule has 1 amide bonds. The molecule has 3 heterocycles. The summed E-state index contributed by atoms with van der Waals surface area (Å²) in [4.78, 5) is 41.6. The molecule has 0 spiro atoms. The standard InChI is InChI=1S/C24H28F3N5O6S/c1-13-10-17(29-14(2)18(13)22(34)37-5)31-8-9-32(23(3,4)12-31)21(33)16-11-28-20(19(30-16)15-6-7-15)38-39(35,36)24(25,26)27/h10-11,15H,6-9,12H2,1-5H3. The summed E-state index contributed by atoms with van der Waals surface area (Å²) in [6, 6.07) is 1.79. The molecule has 0 atom stereocenters. The predicted molar refractivity (Wildman–Crippen MR) is 132 cm³/mol. The van der Waals surface area contributed by atoms with Gasteiger partial charge >= 0.3 is 21.6 Å². The number of pyridine rings is 1. The van der Waals surface area contributed by atoms with E-state index in [-0.39, 0.29) is 23.9 Å². The molecular weight excluding hydrogens is 543 g/mol. The zero-order valence-electron chi connectivity index (χ0n) is 22.0. The van der Waals surface area contributed by atoms with Gasteiger partial charge in [-0.3, -0.25) is 4.79 Å². The largest absolute Gasteiger partial charge is 0.534 e. The molecule has 212 valence electrons. The highest BCUT2D eigenvalue weighted by molar-refractivity contribution is 7.87. The number of esters is 1. The molecule has 0 aromatic carbocycles. The Bertz CT molecular complexity index is 1400. The fourth-order valence-electron chi connectivity index (χ4n) is 4.58. The van der Waals surface area contributed by atoms with Gasteiger partial charge < -0.3 is 18.7 Å². The number of halogens is 3. The normalized spacial score (nSPS) is 17.6. The van der Waals surface area contributed by atoms with Gasteiger partial charge in [0.1, 0.15) is 17.2 Å². The van der Waals surface area contributed by atoms with Crippen LogP contribution in [0.4, 0.5) is 19.0 Å². The van der Waals surface area contributed by atoms with Crippen molar-refractivity contribution >= 4 is 27.8 Å². The lowest BCUT2D eigenvalue weighted by atomic mass is 9.97. The summed E-state index contributed by atoms with van der Waals surface area (Å²) in [7, 11) is -4.63. The van der Waals surface area contributed by atoms with Crippen molar-refractivity contribution in [3.8, 4) is 5.88 Å². The van der Waals surface area contributed by atoms with Crippen LogP contribution in [0.2, 0.25) is 0 Å². The van der Waals surface area contributed by atoms with E-state index in [1.807, 2.05) is 18.7 Å². The molecule has 1 saturated carbocycles. The number of hydrogen-bond acceptors (Lipinski definition) is 10. The van der Waals surface area contributed by atoms with Gasteiger partial charge in [0.15, 0.2) is 0 Å². The van der Waals surface area contributed by atoms with Crippen molar-refractivity contribution < 1.29 is 40.1 Å². The zero-order valence-corrected chi connectivity index (χ0v) is 22.8. The molecule has 0 N–H and O–H groups in total. The molecule has 15 heteroatoms. The highest BCUT2D eigenvalue weighted by Gasteiger charge is 2.50. The van der Waals surface area contributed by atoms with Gasteiger partial charge in [0.2, 0.25) is 0 Å². The number of carbonyl (C=O) groups excluding carboxylic acids is 2. The van der Waals surface area contributed by atoms with E-state index in [4.69, 9.17) is 4.74 Å². The Hall–Kier alpha value is -3.49. The SMILES string of the molecule is COC(=O)c1c(C)cc(N2CCN(C(=O)c3cnc(OS(=O)(=O)C(F)(F)F)c(C4CC4)n3)C(C)(C)C2)nc1C. The van der Waals surface area contributed by atoms with E-state index in [1.165, 1.54) is 7.11 Å². The van der Waals surface area contributed by atoms with Crippen molar-refractivity contribution in [1.82, 2.24) is 19.9 Å². The monoisotopic (exact) mass is 571 g/mol. The third kappa shape index (κ3) is 5.63. The van der Waals surface area contributed by atoms with Crippen LogP contribution in [-0.2, 0) is 14.9 Å². The van der Waals surface area contributed by atoms with Gasteiger partial charge in [0.25, 0.3) is 11.8 Å². The third-order valence-electron chi connectivity index (χ3n) is 6.66. The highest BCUT2D eigenvalue weighted by Crippen LogP contribution is 2.43. The molecule has 0 radical (unpaired) electrons. The molecule has 11 nitrogen and oxygen atoms in total. The number of alkyl halides is 3. The molecule has 1 saturated heterocycles. The predicted octanol–water partition coefficient (Wildman–Crippen LogP) is 3.12. The molecule has 2 aromatic rings. The summed E-state index contributed by atoms with van der Waals surface area (Å²) >= 11 is 0. The molecule has 4 rings (SSSR count).